The third-order valence-corrected chi connectivity index (χ3v) is 6.85. The van der Waals surface area contributed by atoms with E-state index < -0.39 is 42.2 Å². The van der Waals surface area contributed by atoms with Crippen LogP contribution in [-0.2, 0) is 16.1 Å². The van der Waals surface area contributed by atoms with Gasteiger partial charge in [-0.2, -0.15) is 13.2 Å². The first-order valence-corrected chi connectivity index (χ1v) is 10.5. The number of nitrogens with two attached hydrogens (primary N) is 1. The number of imidazole rings is 1. The summed E-state index contributed by atoms with van der Waals surface area (Å²) in [6, 6.07) is -0.800. The number of aliphatic hydroxyl groups is 3. The lowest BCUT2D eigenvalue weighted by Gasteiger charge is -2.32. The van der Waals surface area contributed by atoms with Crippen LogP contribution in [0.4, 0.5) is 19.0 Å². The highest BCUT2D eigenvalue weighted by molar-refractivity contribution is 5.81. The molecule has 3 aliphatic rings. The van der Waals surface area contributed by atoms with Crippen molar-refractivity contribution in [3.05, 3.63) is 12.2 Å². The van der Waals surface area contributed by atoms with Gasteiger partial charge in [0.25, 0.3) is 0 Å². The van der Waals surface area contributed by atoms with Crippen molar-refractivity contribution in [1.29, 1.82) is 0 Å². The number of fused-ring (bicyclic) bond motifs is 1. The van der Waals surface area contributed by atoms with Crippen LogP contribution in [0.15, 0.2) is 6.33 Å². The zero-order valence-corrected chi connectivity index (χ0v) is 17.0. The molecule has 1 spiro atoms. The minimum atomic E-state index is -5.20. The molecule has 3 fully saturated rings. The molecule has 10 nitrogen and oxygen atoms in total. The van der Waals surface area contributed by atoms with Crippen LogP contribution in [0.2, 0.25) is 0 Å². The zero-order valence-electron chi connectivity index (χ0n) is 17.0. The van der Waals surface area contributed by atoms with E-state index in [4.69, 9.17) is 15.2 Å². The Morgan fingerprint density at radius 2 is 2.00 bits per heavy atom. The SMILES string of the molecule is Nc1nc(COC2CCCC2)nc2c1ncn2C1CC12OC(CO)C(O)(C(F)(F)F)[C@H]2O. The largest absolute Gasteiger partial charge is 0.422 e. The van der Waals surface area contributed by atoms with Gasteiger partial charge < -0.3 is 35.1 Å². The minimum absolute atomic E-state index is 0.0354. The number of anilines is 1. The quantitative estimate of drug-likeness (QED) is 0.504. The molecule has 0 bridgehead atoms. The fourth-order valence-corrected chi connectivity index (χ4v) is 5.00. The van der Waals surface area contributed by atoms with Gasteiger partial charge in [-0.05, 0) is 12.8 Å². The van der Waals surface area contributed by atoms with Crippen molar-refractivity contribution in [2.45, 2.75) is 80.4 Å². The van der Waals surface area contributed by atoms with Crippen LogP contribution in [0, 0.1) is 0 Å². The summed E-state index contributed by atoms with van der Waals surface area (Å²) in [4.78, 5) is 12.8. The second-order valence-electron chi connectivity index (χ2n) is 8.76. The Labute approximate surface area is 180 Å². The van der Waals surface area contributed by atoms with Crippen molar-refractivity contribution in [1.82, 2.24) is 19.5 Å². The predicted molar refractivity (Wildman–Crippen MR) is 102 cm³/mol. The molecule has 2 aromatic rings. The number of nitrogen functional groups attached to an aromatic ring is 1. The Kier molecular flexibility index (Phi) is 4.91. The van der Waals surface area contributed by atoms with E-state index in [1.54, 1.807) is 0 Å². The molecule has 2 aromatic heterocycles. The van der Waals surface area contributed by atoms with Crippen molar-refractivity contribution >= 4 is 17.0 Å². The van der Waals surface area contributed by atoms with Crippen LogP contribution in [0.3, 0.4) is 0 Å². The van der Waals surface area contributed by atoms with Crippen molar-refractivity contribution < 1.29 is 38.0 Å². The van der Waals surface area contributed by atoms with E-state index in [0.717, 1.165) is 25.7 Å². The lowest BCUT2D eigenvalue weighted by atomic mass is 9.89. The maximum atomic E-state index is 13.6. The summed E-state index contributed by atoms with van der Waals surface area (Å²) in [5.74, 6) is 0.410. The van der Waals surface area contributed by atoms with Gasteiger partial charge in [0.2, 0.25) is 5.60 Å². The maximum absolute atomic E-state index is 13.6. The normalized spacial score (nSPS) is 35.4. The lowest BCUT2D eigenvalue weighted by molar-refractivity contribution is -0.296. The Morgan fingerprint density at radius 3 is 2.62 bits per heavy atom. The summed E-state index contributed by atoms with van der Waals surface area (Å²) in [6.45, 7) is -0.977. The highest BCUT2D eigenvalue weighted by Crippen LogP contribution is 2.63. The van der Waals surface area contributed by atoms with E-state index in [2.05, 4.69) is 15.0 Å². The molecule has 1 saturated heterocycles. The fourth-order valence-electron chi connectivity index (χ4n) is 5.00. The molecule has 5 atom stereocenters. The van der Waals surface area contributed by atoms with Gasteiger partial charge in [-0.1, -0.05) is 12.8 Å². The van der Waals surface area contributed by atoms with Gasteiger partial charge in [-0.15, -0.1) is 0 Å². The third-order valence-electron chi connectivity index (χ3n) is 6.85. The number of rotatable bonds is 5. The molecule has 32 heavy (non-hydrogen) atoms. The molecule has 0 radical (unpaired) electrons. The molecule has 2 aliphatic carbocycles. The molecule has 3 heterocycles. The Bertz CT molecular complexity index is 1030. The molecule has 5 rings (SSSR count). The van der Waals surface area contributed by atoms with Crippen LogP contribution in [0.5, 0.6) is 0 Å². The number of aliphatic hydroxyl groups excluding tert-OH is 2. The molecule has 176 valence electrons. The first-order valence-electron chi connectivity index (χ1n) is 10.5. The molecule has 0 aromatic carbocycles. The molecular formula is C19H24F3N5O5. The van der Waals surface area contributed by atoms with Crippen molar-refractivity contribution in [3.8, 4) is 0 Å². The van der Waals surface area contributed by atoms with Crippen LogP contribution in [-0.4, -0.2) is 77.1 Å². The van der Waals surface area contributed by atoms with E-state index >= 15 is 0 Å². The topological polar surface area (TPSA) is 149 Å². The Balaban J connectivity index is 1.44. The lowest BCUT2D eigenvalue weighted by Crippen LogP contribution is -2.60. The van der Waals surface area contributed by atoms with Gasteiger partial charge in [0, 0.05) is 6.42 Å². The average molecular weight is 459 g/mol. The number of nitrogens with zero attached hydrogens (tertiary/aromatic N) is 4. The highest BCUT2D eigenvalue weighted by atomic mass is 19.4. The number of hydrogen-bond acceptors (Lipinski definition) is 9. The van der Waals surface area contributed by atoms with Gasteiger partial charge in [0.15, 0.2) is 17.3 Å². The van der Waals surface area contributed by atoms with E-state index in [9.17, 15) is 28.5 Å². The molecule has 13 heteroatoms. The van der Waals surface area contributed by atoms with Crippen LogP contribution in [0.25, 0.3) is 11.2 Å². The number of ether oxygens (including phenoxy) is 2. The fraction of sp³-hybridized carbons (Fsp3) is 0.737. The number of alkyl halides is 3. The third kappa shape index (κ3) is 3.02. The Hall–Kier alpha value is -2.06. The first-order chi connectivity index (χ1) is 15.1. The average Bonchev–Trinajstić information content (AvgIpc) is 3.07. The summed E-state index contributed by atoms with van der Waals surface area (Å²) < 4.78 is 53.4. The van der Waals surface area contributed by atoms with Crippen LogP contribution in [0.1, 0.15) is 44.0 Å². The van der Waals surface area contributed by atoms with E-state index in [0.29, 0.717) is 5.82 Å². The summed E-state index contributed by atoms with van der Waals surface area (Å²) in [7, 11) is 0. The standard InChI is InChI=1S/C19H24F3N5O5/c20-19(21,22)18(30)11(6-28)32-17(16(18)29)5-10(17)27-8-24-13-14(23)25-12(26-15(13)27)7-31-9-3-1-2-4-9/h8-11,16,28-30H,1-7H2,(H2,23,25,26)/t10?,11?,16-,17?,18?/m0/s1. The molecule has 2 saturated carbocycles. The van der Waals surface area contributed by atoms with E-state index in [1.165, 1.54) is 10.9 Å². The van der Waals surface area contributed by atoms with Crippen molar-refractivity contribution in [2.24, 2.45) is 0 Å². The molecule has 0 amide bonds. The first kappa shape index (κ1) is 21.8. The van der Waals surface area contributed by atoms with Gasteiger partial charge in [0.1, 0.15) is 29.9 Å². The smallest absolute Gasteiger partial charge is 0.394 e. The highest BCUT2D eigenvalue weighted by Gasteiger charge is 2.81. The zero-order chi connectivity index (χ0) is 22.9. The summed E-state index contributed by atoms with van der Waals surface area (Å²) in [5.41, 5.74) is 1.19. The number of halogens is 3. The second-order valence-corrected chi connectivity index (χ2v) is 8.76. The molecular weight excluding hydrogens is 435 g/mol. The van der Waals surface area contributed by atoms with E-state index in [-0.39, 0.29) is 36.1 Å². The minimum Gasteiger partial charge on any atom is -0.394 e. The summed E-state index contributed by atoms with van der Waals surface area (Å²) in [6.07, 6.45) is -3.97. The molecule has 1 aliphatic heterocycles. The van der Waals surface area contributed by atoms with E-state index in [1.807, 2.05) is 0 Å². The van der Waals surface area contributed by atoms with Crippen LogP contribution < -0.4 is 5.73 Å². The second kappa shape index (κ2) is 7.22. The van der Waals surface area contributed by atoms with Crippen molar-refractivity contribution in [2.75, 3.05) is 12.3 Å². The van der Waals surface area contributed by atoms with Crippen LogP contribution >= 0.6 is 0 Å². The number of hydrogen-bond donors (Lipinski definition) is 4. The Morgan fingerprint density at radius 1 is 1.28 bits per heavy atom. The molecule has 5 N–H and O–H groups in total. The number of aromatic nitrogens is 4. The van der Waals surface area contributed by atoms with Crippen molar-refractivity contribution in [3.63, 3.8) is 0 Å². The monoisotopic (exact) mass is 459 g/mol. The molecule has 4 unspecified atom stereocenters. The van der Waals surface area contributed by atoms with Gasteiger partial charge in [-0.3, -0.25) is 0 Å². The van der Waals surface area contributed by atoms with Gasteiger partial charge in [0.05, 0.1) is 25.1 Å². The summed E-state index contributed by atoms with van der Waals surface area (Å²) >= 11 is 0. The van der Waals surface area contributed by atoms with Gasteiger partial charge >= 0.3 is 6.18 Å². The predicted octanol–water partition coefficient (Wildman–Crippen LogP) is 0.597. The summed E-state index contributed by atoms with van der Waals surface area (Å²) in [5, 5.41) is 30.2. The maximum Gasteiger partial charge on any atom is 0.422 e. The van der Waals surface area contributed by atoms with Gasteiger partial charge in [-0.25, -0.2) is 15.0 Å².